The molecule has 1 aliphatic rings. The molecule has 2 rings (SSSR count). The smallest absolute Gasteiger partial charge is 0.410 e. The van der Waals surface area contributed by atoms with Crippen molar-refractivity contribution in [3.8, 4) is 0 Å². The van der Waals surface area contributed by atoms with E-state index in [9.17, 15) is 9.18 Å². The third-order valence-electron chi connectivity index (χ3n) is 2.50. The number of nitrogens with two attached hydrogens (primary N) is 1. The highest BCUT2D eigenvalue weighted by molar-refractivity contribution is 5.69. The Morgan fingerprint density at radius 1 is 1.44 bits per heavy atom. The lowest BCUT2D eigenvalue weighted by molar-refractivity contribution is 0.134. The van der Waals surface area contributed by atoms with Gasteiger partial charge in [0.15, 0.2) is 0 Å². The van der Waals surface area contributed by atoms with E-state index in [1.165, 1.54) is 12.1 Å². The molecule has 2 N–H and O–H groups in total. The predicted molar refractivity (Wildman–Crippen MR) is 56.1 cm³/mol. The van der Waals surface area contributed by atoms with Gasteiger partial charge in [-0.25, -0.2) is 9.18 Å². The summed E-state index contributed by atoms with van der Waals surface area (Å²) in [6.45, 7) is 1.24. The molecule has 4 nitrogen and oxygen atoms in total. The minimum absolute atomic E-state index is 0.229. The average Bonchev–Trinajstić information content (AvgIpc) is 2.63. The molecule has 0 bridgehead atoms. The third kappa shape index (κ3) is 2.30. The summed E-state index contributed by atoms with van der Waals surface area (Å²) in [6, 6.07) is 6.05. The van der Waals surface area contributed by atoms with Gasteiger partial charge in [0.05, 0.1) is 6.54 Å². The first-order valence-electron chi connectivity index (χ1n) is 5.09. The van der Waals surface area contributed by atoms with E-state index in [0.29, 0.717) is 19.6 Å². The highest BCUT2D eigenvalue weighted by atomic mass is 19.1. The Kier molecular flexibility index (Phi) is 3.05. The second-order valence-corrected chi connectivity index (χ2v) is 3.75. The molecule has 1 atom stereocenters. The summed E-state index contributed by atoms with van der Waals surface area (Å²) in [4.78, 5) is 12.9. The Labute approximate surface area is 92.8 Å². The molecule has 16 heavy (non-hydrogen) atoms. The van der Waals surface area contributed by atoms with Crippen LogP contribution in [0.15, 0.2) is 24.3 Å². The lowest BCUT2D eigenvalue weighted by atomic mass is 10.2. The monoisotopic (exact) mass is 224 g/mol. The number of carbonyl (C=O) groups excluding carboxylic acids is 1. The molecule has 0 radical (unpaired) electrons. The van der Waals surface area contributed by atoms with Crippen LogP contribution in [0.1, 0.15) is 5.56 Å². The summed E-state index contributed by atoms with van der Waals surface area (Å²) in [5, 5.41) is 0. The summed E-state index contributed by atoms with van der Waals surface area (Å²) in [5.74, 6) is -0.285. The molecule has 1 aromatic carbocycles. The largest absolute Gasteiger partial charge is 0.443 e. The van der Waals surface area contributed by atoms with Gasteiger partial charge in [-0.15, -0.1) is 0 Å². The molecule has 0 aromatic heterocycles. The number of carbonyl (C=O) groups is 1. The Morgan fingerprint density at radius 2 is 2.12 bits per heavy atom. The van der Waals surface area contributed by atoms with Crippen LogP contribution in [0, 0.1) is 5.82 Å². The number of ether oxygens (including phenoxy) is 1. The van der Waals surface area contributed by atoms with E-state index in [0.717, 1.165) is 5.56 Å². The third-order valence-corrected chi connectivity index (χ3v) is 2.50. The first-order valence-corrected chi connectivity index (χ1v) is 5.09. The number of rotatable bonds is 3. The highest BCUT2D eigenvalue weighted by Gasteiger charge is 2.29. The molecule has 1 aromatic rings. The zero-order valence-electron chi connectivity index (χ0n) is 8.73. The SMILES string of the molecule is NC[C@H]1CN(Cc2ccc(F)cc2)C(=O)O1. The van der Waals surface area contributed by atoms with Crippen molar-refractivity contribution in [2.24, 2.45) is 5.73 Å². The Morgan fingerprint density at radius 3 is 2.69 bits per heavy atom. The minimum atomic E-state index is -0.361. The Bertz CT molecular complexity index is 380. The first kappa shape index (κ1) is 10.9. The molecule has 1 heterocycles. The fraction of sp³-hybridized carbons (Fsp3) is 0.364. The number of hydrogen-bond acceptors (Lipinski definition) is 3. The second-order valence-electron chi connectivity index (χ2n) is 3.75. The molecule has 1 fully saturated rings. The van der Waals surface area contributed by atoms with Crippen LogP contribution >= 0.6 is 0 Å². The molecule has 0 aliphatic carbocycles. The summed E-state index contributed by atoms with van der Waals surface area (Å²) >= 11 is 0. The van der Waals surface area contributed by atoms with E-state index in [1.807, 2.05) is 0 Å². The van der Waals surface area contributed by atoms with Gasteiger partial charge in [0.25, 0.3) is 0 Å². The topological polar surface area (TPSA) is 55.6 Å². The van der Waals surface area contributed by atoms with Crippen LogP contribution in [0.5, 0.6) is 0 Å². The van der Waals surface area contributed by atoms with Crippen LogP contribution in [0.4, 0.5) is 9.18 Å². The Balaban J connectivity index is 2.00. The van der Waals surface area contributed by atoms with Crippen LogP contribution in [-0.2, 0) is 11.3 Å². The van der Waals surface area contributed by atoms with Crippen molar-refractivity contribution < 1.29 is 13.9 Å². The number of hydrogen-bond donors (Lipinski definition) is 1. The molecule has 86 valence electrons. The minimum Gasteiger partial charge on any atom is -0.443 e. The lowest BCUT2D eigenvalue weighted by Gasteiger charge is -2.12. The molecule has 0 unspecified atom stereocenters. The number of amides is 1. The van der Waals surface area contributed by atoms with Crippen molar-refractivity contribution in [1.29, 1.82) is 0 Å². The van der Waals surface area contributed by atoms with Gasteiger partial charge in [-0.3, -0.25) is 0 Å². The van der Waals surface area contributed by atoms with E-state index < -0.39 is 0 Å². The first-order chi connectivity index (χ1) is 7.69. The quantitative estimate of drug-likeness (QED) is 0.836. The van der Waals surface area contributed by atoms with E-state index in [2.05, 4.69) is 0 Å². The summed E-state index contributed by atoms with van der Waals surface area (Å²) < 4.78 is 17.7. The summed E-state index contributed by atoms with van der Waals surface area (Å²) in [5.41, 5.74) is 6.29. The maximum absolute atomic E-state index is 12.7. The molecular formula is C11H13FN2O2. The normalized spacial score (nSPS) is 20.0. The van der Waals surface area contributed by atoms with Crippen molar-refractivity contribution in [3.63, 3.8) is 0 Å². The fourth-order valence-electron chi connectivity index (χ4n) is 1.64. The molecule has 1 aliphatic heterocycles. The fourth-order valence-corrected chi connectivity index (χ4v) is 1.64. The van der Waals surface area contributed by atoms with Crippen LogP contribution in [0.2, 0.25) is 0 Å². The van der Waals surface area contributed by atoms with Gasteiger partial charge in [0, 0.05) is 13.1 Å². The van der Waals surface area contributed by atoms with Gasteiger partial charge < -0.3 is 15.4 Å². The maximum Gasteiger partial charge on any atom is 0.410 e. The molecule has 5 heteroatoms. The van der Waals surface area contributed by atoms with Gasteiger partial charge in [-0.2, -0.15) is 0 Å². The van der Waals surface area contributed by atoms with Crippen LogP contribution in [-0.4, -0.2) is 30.2 Å². The number of benzene rings is 1. The van der Waals surface area contributed by atoms with Crippen molar-refractivity contribution in [2.75, 3.05) is 13.1 Å². The predicted octanol–water partition coefficient (Wildman–Crippen LogP) is 1.11. The standard InChI is InChI=1S/C11H13FN2O2/c12-9-3-1-8(2-4-9)6-14-7-10(5-13)16-11(14)15/h1-4,10H,5-7,13H2/t10-/m0/s1. The maximum atomic E-state index is 12.7. The summed E-state index contributed by atoms with van der Waals surface area (Å²) in [6.07, 6.45) is -0.590. The zero-order valence-corrected chi connectivity index (χ0v) is 8.73. The van der Waals surface area contributed by atoms with Crippen molar-refractivity contribution in [2.45, 2.75) is 12.6 Å². The number of halogens is 1. The van der Waals surface area contributed by atoms with Gasteiger partial charge in [-0.05, 0) is 17.7 Å². The van der Waals surface area contributed by atoms with Gasteiger partial charge >= 0.3 is 6.09 Å². The van der Waals surface area contributed by atoms with Gasteiger partial charge in [-0.1, -0.05) is 12.1 Å². The zero-order chi connectivity index (χ0) is 11.5. The van der Waals surface area contributed by atoms with E-state index in [4.69, 9.17) is 10.5 Å². The molecule has 1 amide bonds. The van der Waals surface area contributed by atoms with Crippen LogP contribution in [0.3, 0.4) is 0 Å². The molecule has 1 saturated heterocycles. The van der Waals surface area contributed by atoms with Crippen molar-refractivity contribution in [3.05, 3.63) is 35.6 Å². The molecular weight excluding hydrogens is 211 g/mol. The highest BCUT2D eigenvalue weighted by Crippen LogP contribution is 2.14. The average molecular weight is 224 g/mol. The van der Waals surface area contributed by atoms with E-state index >= 15 is 0 Å². The summed E-state index contributed by atoms with van der Waals surface area (Å²) in [7, 11) is 0. The van der Waals surface area contributed by atoms with Crippen LogP contribution < -0.4 is 5.73 Å². The van der Waals surface area contributed by atoms with Crippen molar-refractivity contribution in [1.82, 2.24) is 4.90 Å². The van der Waals surface area contributed by atoms with Crippen LogP contribution in [0.25, 0.3) is 0 Å². The molecule has 0 spiro atoms. The van der Waals surface area contributed by atoms with Gasteiger partial charge in [0.1, 0.15) is 11.9 Å². The van der Waals surface area contributed by atoms with E-state index in [-0.39, 0.29) is 18.0 Å². The Hall–Kier alpha value is -1.62. The second kappa shape index (κ2) is 4.49. The lowest BCUT2D eigenvalue weighted by Crippen LogP contribution is -2.27. The number of nitrogens with zero attached hydrogens (tertiary/aromatic N) is 1. The van der Waals surface area contributed by atoms with E-state index in [1.54, 1.807) is 17.0 Å². The van der Waals surface area contributed by atoms with Crippen molar-refractivity contribution >= 4 is 6.09 Å². The molecule has 0 saturated carbocycles. The number of cyclic esters (lactones) is 1. The van der Waals surface area contributed by atoms with Gasteiger partial charge in [0.2, 0.25) is 0 Å².